The van der Waals surface area contributed by atoms with Crippen LogP contribution >= 0.6 is 0 Å². The molecule has 3 rings (SSSR count). The van der Waals surface area contributed by atoms with Crippen molar-refractivity contribution in [2.24, 2.45) is 5.92 Å². The fraction of sp³-hybridized carbons (Fsp3) is 0.600. The molecule has 0 aliphatic heterocycles. The highest BCUT2D eigenvalue weighted by molar-refractivity contribution is 5.48. The van der Waals surface area contributed by atoms with Crippen molar-refractivity contribution in [2.75, 3.05) is 12.3 Å². The highest BCUT2D eigenvalue weighted by atomic mass is 15.2. The first-order valence-electron chi connectivity index (χ1n) is 6.81. The standard InChI is InChI=1S/C15H22N2/c1-11-2-7-15(16)13(8-11)10-17(14-5-6-14)9-12-3-4-12/h2,7-8,12,14H,3-6,9-10,16H2,1H3. The highest BCUT2D eigenvalue weighted by Crippen LogP contribution is 2.36. The van der Waals surface area contributed by atoms with Gasteiger partial charge in [0.25, 0.3) is 0 Å². The number of nitrogen functional groups attached to an aromatic ring is 1. The average molecular weight is 230 g/mol. The van der Waals surface area contributed by atoms with Gasteiger partial charge in [-0.1, -0.05) is 17.7 Å². The largest absolute Gasteiger partial charge is 0.398 e. The van der Waals surface area contributed by atoms with Gasteiger partial charge in [-0.3, -0.25) is 4.90 Å². The zero-order chi connectivity index (χ0) is 11.8. The lowest BCUT2D eigenvalue weighted by Gasteiger charge is -2.23. The smallest absolute Gasteiger partial charge is 0.0359 e. The molecular weight excluding hydrogens is 208 g/mol. The molecule has 0 saturated heterocycles. The van der Waals surface area contributed by atoms with Crippen LogP contribution in [0.1, 0.15) is 36.8 Å². The second-order valence-corrected chi connectivity index (χ2v) is 5.81. The summed E-state index contributed by atoms with van der Waals surface area (Å²) in [6.45, 7) is 4.48. The van der Waals surface area contributed by atoms with Gasteiger partial charge in [0.2, 0.25) is 0 Å². The van der Waals surface area contributed by atoms with Crippen LogP contribution in [0.25, 0.3) is 0 Å². The number of nitrogens with zero attached hydrogens (tertiary/aromatic N) is 1. The molecule has 92 valence electrons. The SMILES string of the molecule is Cc1ccc(N)c(CN(CC2CC2)C2CC2)c1. The number of nitrogens with two attached hydrogens (primary N) is 1. The second kappa shape index (κ2) is 4.34. The first-order chi connectivity index (χ1) is 8.22. The number of anilines is 1. The molecule has 2 aliphatic rings. The number of hydrogen-bond acceptors (Lipinski definition) is 2. The Bertz CT molecular complexity index is 405. The van der Waals surface area contributed by atoms with Gasteiger partial charge in [0.05, 0.1) is 0 Å². The molecule has 2 heteroatoms. The molecule has 0 bridgehead atoms. The summed E-state index contributed by atoms with van der Waals surface area (Å²) in [6.07, 6.45) is 5.65. The van der Waals surface area contributed by atoms with E-state index in [4.69, 9.17) is 5.73 Å². The van der Waals surface area contributed by atoms with E-state index in [0.29, 0.717) is 0 Å². The van der Waals surface area contributed by atoms with Crippen LogP contribution in [0.4, 0.5) is 5.69 Å². The van der Waals surface area contributed by atoms with Crippen molar-refractivity contribution in [3.8, 4) is 0 Å². The fourth-order valence-electron chi connectivity index (χ4n) is 2.50. The molecule has 2 aliphatic carbocycles. The third kappa shape index (κ3) is 2.81. The van der Waals surface area contributed by atoms with Crippen LogP contribution in [0.2, 0.25) is 0 Å². The lowest BCUT2D eigenvalue weighted by atomic mass is 10.1. The zero-order valence-corrected chi connectivity index (χ0v) is 10.7. The maximum atomic E-state index is 6.08. The van der Waals surface area contributed by atoms with Gasteiger partial charge < -0.3 is 5.73 Å². The maximum absolute atomic E-state index is 6.08. The third-order valence-electron chi connectivity index (χ3n) is 3.92. The molecule has 1 aromatic carbocycles. The molecular formula is C15H22N2. The predicted octanol–water partition coefficient (Wildman–Crippen LogP) is 2.95. The van der Waals surface area contributed by atoms with Crippen LogP contribution < -0.4 is 5.73 Å². The minimum Gasteiger partial charge on any atom is -0.398 e. The molecule has 0 aromatic heterocycles. The van der Waals surface area contributed by atoms with Crippen LogP contribution in [-0.2, 0) is 6.54 Å². The summed E-state index contributed by atoms with van der Waals surface area (Å²) in [7, 11) is 0. The topological polar surface area (TPSA) is 29.3 Å². The molecule has 2 nitrogen and oxygen atoms in total. The van der Waals surface area contributed by atoms with E-state index in [0.717, 1.165) is 24.2 Å². The van der Waals surface area contributed by atoms with Gasteiger partial charge in [-0.25, -0.2) is 0 Å². The van der Waals surface area contributed by atoms with Crippen LogP contribution in [0.3, 0.4) is 0 Å². The quantitative estimate of drug-likeness (QED) is 0.788. The summed E-state index contributed by atoms with van der Waals surface area (Å²) >= 11 is 0. The summed E-state index contributed by atoms with van der Waals surface area (Å²) in [6, 6.07) is 7.24. The minimum absolute atomic E-state index is 0.843. The van der Waals surface area contributed by atoms with Crippen LogP contribution in [0.15, 0.2) is 18.2 Å². The molecule has 0 unspecified atom stereocenters. The van der Waals surface area contributed by atoms with E-state index in [2.05, 4.69) is 24.0 Å². The van der Waals surface area contributed by atoms with Gasteiger partial charge in [-0.15, -0.1) is 0 Å². The van der Waals surface area contributed by atoms with E-state index in [-0.39, 0.29) is 0 Å². The Morgan fingerprint density at radius 2 is 2.00 bits per heavy atom. The van der Waals surface area contributed by atoms with E-state index in [1.807, 2.05) is 6.07 Å². The van der Waals surface area contributed by atoms with Gasteiger partial charge in [0.15, 0.2) is 0 Å². The van der Waals surface area contributed by atoms with E-state index in [1.54, 1.807) is 0 Å². The Morgan fingerprint density at radius 3 is 2.65 bits per heavy atom. The normalized spacial score (nSPS) is 19.9. The predicted molar refractivity (Wildman–Crippen MR) is 71.7 cm³/mol. The number of aryl methyl sites for hydroxylation is 1. The van der Waals surface area contributed by atoms with Gasteiger partial charge in [-0.05, 0) is 50.2 Å². The Hall–Kier alpha value is -1.02. The van der Waals surface area contributed by atoms with Crippen LogP contribution in [0.5, 0.6) is 0 Å². The van der Waals surface area contributed by atoms with Gasteiger partial charge >= 0.3 is 0 Å². The van der Waals surface area contributed by atoms with Crippen LogP contribution in [0, 0.1) is 12.8 Å². The molecule has 0 atom stereocenters. The molecule has 2 saturated carbocycles. The molecule has 1 aromatic rings. The Labute approximate surface area is 104 Å². The molecule has 2 N–H and O–H groups in total. The summed E-state index contributed by atoms with van der Waals surface area (Å²) in [5, 5.41) is 0. The van der Waals surface area contributed by atoms with Crippen molar-refractivity contribution in [3.63, 3.8) is 0 Å². The summed E-state index contributed by atoms with van der Waals surface area (Å²) < 4.78 is 0. The molecule has 0 spiro atoms. The van der Waals surface area contributed by atoms with Crippen molar-refractivity contribution >= 4 is 5.69 Å². The number of hydrogen-bond donors (Lipinski definition) is 1. The van der Waals surface area contributed by atoms with E-state index in [9.17, 15) is 0 Å². The lowest BCUT2D eigenvalue weighted by Crippen LogP contribution is -2.28. The van der Waals surface area contributed by atoms with E-state index < -0.39 is 0 Å². The van der Waals surface area contributed by atoms with Crippen molar-refractivity contribution in [3.05, 3.63) is 29.3 Å². The maximum Gasteiger partial charge on any atom is 0.0359 e. The summed E-state index contributed by atoms with van der Waals surface area (Å²) in [5.41, 5.74) is 9.67. The molecule has 0 heterocycles. The second-order valence-electron chi connectivity index (χ2n) is 5.81. The van der Waals surface area contributed by atoms with Crippen molar-refractivity contribution in [2.45, 2.75) is 45.2 Å². The van der Waals surface area contributed by atoms with Gasteiger partial charge in [-0.2, -0.15) is 0 Å². The molecule has 0 radical (unpaired) electrons. The summed E-state index contributed by atoms with van der Waals surface area (Å²) in [4.78, 5) is 2.66. The number of rotatable bonds is 5. The fourth-order valence-corrected chi connectivity index (χ4v) is 2.50. The Morgan fingerprint density at radius 1 is 1.24 bits per heavy atom. The molecule has 2 fully saturated rings. The third-order valence-corrected chi connectivity index (χ3v) is 3.92. The Kier molecular flexibility index (Phi) is 2.83. The Balaban J connectivity index is 1.71. The molecule has 17 heavy (non-hydrogen) atoms. The van der Waals surface area contributed by atoms with Gasteiger partial charge in [0, 0.05) is 24.8 Å². The monoisotopic (exact) mass is 230 g/mol. The number of benzene rings is 1. The van der Waals surface area contributed by atoms with E-state index >= 15 is 0 Å². The first kappa shape index (κ1) is 11.1. The van der Waals surface area contributed by atoms with Crippen molar-refractivity contribution < 1.29 is 0 Å². The van der Waals surface area contributed by atoms with Crippen LogP contribution in [-0.4, -0.2) is 17.5 Å². The summed E-state index contributed by atoms with van der Waals surface area (Å²) in [5.74, 6) is 0.974. The molecule has 0 amide bonds. The zero-order valence-electron chi connectivity index (χ0n) is 10.7. The minimum atomic E-state index is 0.843. The van der Waals surface area contributed by atoms with Crippen molar-refractivity contribution in [1.29, 1.82) is 0 Å². The highest BCUT2D eigenvalue weighted by Gasteiger charge is 2.33. The lowest BCUT2D eigenvalue weighted by molar-refractivity contribution is 0.244. The van der Waals surface area contributed by atoms with Crippen molar-refractivity contribution in [1.82, 2.24) is 4.90 Å². The first-order valence-corrected chi connectivity index (χ1v) is 6.81. The average Bonchev–Trinajstić information content (AvgIpc) is 3.14. The van der Waals surface area contributed by atoms with E-state index in [1.165, 1.54) is 43.4 Å². The van der Waals surface area contributed by atoms with Gasteiger partial charge in [0.1, 0.15) is 0 Å².